The SMILES string of the molecule is NC(Cc1ccccc1)c1ncc(-c2ccc(Cl)s2)[nH]1. The van der Waals surface area contributed by atoms with Crippen LogP contribution in [0.1, 0.15) is 17.4 Å². The van der Waals surface area contributed by atoms with E-state index in [1.54, 1.807) is 0 Å². The molecule has 2 aromatic heterocycles. The van der Waals surface area contributed by atoms with Crippen LogP contribution in [0.5, 0.6) is 0 Å². The maximum atomic E-state index is 6.21. The first-order valence-electron chi connectivity index (χ1n) is 6.32. The number of rotatable bonds is 4. The number of halogens is 1. The Labute approximate surface area is 126 Å². The van der Waals surface area contributed by atoms with Gasteiger partial charge in [-0.1, -0.05) is 41.9 Å². The van der Waals surface area contributed by atoms with Crippen molar-refractivity contribution in [2.75, 3.05) is 0 Å². The van der Waals surface area contributed by atoms with Crippen LogP contribution in [0.2, 0.25) is 4.34 Å². The third-order valence-corrected chi connectivity index (χ3v) is 4.35. The number of H-pyrrole nitrogens is 1. The van der Waals surface area contributed by atoms with E-state index in [1.165, 1.54) is 16.9 Å². The van der Waals surface area contributed by atoms with Gasteiger partial charge < -0.3 is 10.7 Å². The number of nitrogens with two attached hydrogens (primary N) is 1. The van der Waals surface area contributed by atoms with Gasteiger partial charge in [-0.3, -0.25) is 0 Å². The summed E-state index contributed by atoms with van der Waals surface area (Å²) < 4.78 is 0.768. The van der Waals surface area contributed by atoms with E-state index in [0.717, 1.165) is 27.2 Å². The van der Waals surface area contributed by atoms with Gasteiger partial charge in [0.2, 0.25) is 0 Å². The first kappa shape index (κ1) is 13.4. The Balaban J connectivity index is 1.76. The highest BCUT2D eigenvalue weighted by atomic mass is 35.5. The summed E-state index contributed by atoms with van der Waals surface area (Å²) in [5, 5.41) is 0. The summed E-state index contributed by atoms with van der Waals surface area (Å²) in [6.45, 7) is 0. The third kappa shape index (κ3) is 2.93. The van der Waals surface area contributed by atoms with E-state index in [0.29, 0.717) is 0 Å². The van der Waals surface area contributed by atoms with Gasteiger partial charge in [-0.15, -0.1) is 11.3 Å². The predicted molar refractivity (Wildman–Crippen MR) is 84.0 cm³/mol. The molecule has 0 spiro atoms. The average molecular weight is 304 g/mol. The quantitative estimate of drug-likeness (QED) is 0.764. The molecule has 3 aromatic rings. The van der Waals surface area contributed by atoms with Gasteiger partial charge in [0, 0.05) is 0 Å². The topological polar surface area (TPSA) is 54.7 Å². The molecule has 3 rings (SSSR count). The van der Waals surface area contributed by atoms with Crippen molar-refractivity contribution in [2.45, 2.75) is 12.5 Å². The second kappa shape index (κ2) is 5.79. The number of nitrogens with zero attached hydrogens (tertiary/aromatic N) is 1. The molecule has 0 aliphatic rings. The number of aromatic nitrogens is 2. The highest BCUT2D eigenvalue weighted by Gasteiger charge is 2.12. The lowest BCUT2D eigenvalue weighted by atomic mass is 10.1. The van der Waals surface area contributed by atoms with Gasteiger partial charge in [-0.25, -0.2) is 4.98 Å². The summed E-state index contributed by atoms with van der Waals surface area (Å²) in [5.41, 5.74) is 8.37. The molecule has 0 amide bonds. The largest absolute Gasteiger partial charge is 0.340 e. The number of aromatic amines is 1. The zero-order valence-corrected chi connectivity index (χ0v) is 12.3. The van der Waals surface area contributed by atoms with E-state index in [-0.39, 0.29) is 6.04 Å². The minimum Gasteiger partial charge on any atom is -0.340 e. The van der Waals surface area contributed by atoms with Gasteiger partial charge in [0.1, 0.15) is 5.82 Å². The first-order valence-corrected chi connectivity index (χ1v) is 7.52. The van der Waals surface area contributed by atoms with Gasteiger partial charge in [-0.2, -0.15) is 0 Å². The molecule has 5 heteroatoms. The number of benzene rings is 1. The first-order chi connectivity index (χ1) is 9.72. The summed E-state index contributed by atoms with van der Waals surface area (Å²) in [6, 6.07) is 13.9. The smallest absolute Gasteiger partial charge is 0.123 e. The van der Waals surface area contributed by atoms with Crippen LogP contribution >= 0.6 is 22.9 Å². The molecule has 0 saturated heterocycles. The lowest BCUT2D eigenvalue weighted by molar-refractivity contribution is 0.678. The molecule has 3 nitrogen and oxygen atoms in total. The minimum absolute atomic E-state index is 0.137. The van der Waals surface area contributed by atoms with Crippen molar-refractivity contribution < 1.29 is 0 Å². The standard InChI is InChI=1S/C15H14ClN3S/c16-14-7-6-13(20-14)12-9-18-15(19-12)11(17)8-10-4-2-1-3-5-10/h1-7,9,11H,8,17H2,(H,18,19). The maximum Gasteiger partial charge on any atom is 0.123 e. The minimum atomic E-state index is -0.137. The highest BCUT2D eigenvalue weighted by molar-refractivity contribution is 7.19. The van der Waals surface area contributed by atoms with Gasteiger partial charge in [0.15, 0.2) is 0 Å². The van der Waals surface area contributed by atoms with Crippen LogP contribution in [0.25, 0.3) is 10.6 Å². The summed E-state index contributed by atoms with van der Waals surface area (Å²) in [7, 11) is 0. The fraction of sp³-hybridized carbons (Fsp3) is 0.133. The predicted octanol–water partition coefficient (Wildman–Crippen LogP) is 4.03. The summed E-state index contributed by atoms with van der Waals surface area (Å²) in [4.78, 5) is 8.73. The number of hydrogen-bond donors (Lipinski definition) is 2. The van der Waals surface area contributed by atoms with E-state index in [2.05, 4.69) is 22.1 Å². The Morgan fingerprint density at radius 3 is 2.70 bits per heavy atom. The molecule has 0 bridgehead atoms. The van der Waals surface area contributed by atoms with Crippen LogP contribution in [0, 0.1) is 0 Å². The van der Waals surface area contributed by atoms with E-state index < -0.39 is 0 Å². The number of imidazole rings is 1. The van der Waals surface area contributed by atoms with Crippen LogP contribution < -0.4 is 5.73 Å². The summed E-state index contributed by atoms with van der Waals surface area (Å²) in [6.07, 6.45) is 2.57. The van der Waals surface area contributed by atoms with E-state index in [1.807, 2.05) is 36.5 Å². The van der Waals surface area contributed by atoms with Crippen molar-refractivity contribution >= 4 is 22.9 Å². The Kier molecular flexibility index (Phi) is 3.87. The molecule has 0 saturated carbocycles. The Morgan fingerprint density at radius 2 is 2.00 bits per heavy atom. The fourth-order valence-corrected chi connectivity index (χ4v) is 3.08. The van der Waals surface area contributed by atoms with Gasteiger partial charge >= 0.3 is 0 Å². The second-order valence-corrected chi connectivity index (χ2v) is 6.30. The van der Waals surface area contributed by atoms with Gasteiger partial charge in [0.05, 0.1) is 27.1 Å². The second-order valence-electron chi connectivity index (χ2n) is 4.58. The van der Waals surface area contributed by atoms with E-state index in [4.69, 9.17) is 17.3 Å². The summed E-state index contributed by atoms with van der Waals surface area (Å²) >= 11 is 7.47. The normalized spacial score (nSPS) is 12.5. The molecule has 0 fully saturated rings. The van der Waals surface area contributed by atoms with Crippen LogP contribution in [-0.2, 0) is 6.42 Å². The lowest BCUT2D eigenvalue weighted by Crippen LogP contribution is -2.14. The lowest BCUT2D eigenvalue weighted by Gasteiger charge is -2.08. The van der Waals surface area contributed by atoms with Crippen molar-refractivity contribution in [3.05, 3.63) is 64.4 Å². The molecule has 1 unspecified atom stereocenters. The van der Waals surface area contributed by atoms with Gasteiger partial charge in [-0.05, 0) is 24.1 Å². The van der Waals surface area contributed by atoms with Gasteiger partial charge in [0.25, 0.3) is 0 Å². The van der Waals surface area contributed by atoms with E-state index >= 15 is 0 Å². The molecule has 102 valence electrons. The van der Waals surface area contributed by atoms with E-state index in [9.17, 15) is 0 Å². The molecule has 1 aromatic carbocycles. The van der Waals surface area contributed by atoms with Crippen LogP contribution in [0.4, 0.5) is 0 Å². The Hall–Kier alpha value is -1.62. The van der Waals surface area contributed by atoms with Crippen LogP contribution in [0.3, 0.4) is 0 Å². The molecule has 0 radical (unpaired) electrons. The zero-order chi connectivity index (χ0) is 13.9. The molecule has 2 heterocycles. The van der Waals surface area contributed by atoms with Crippen LogP contribution in [-0.4, -0.2) is 9.97 Å². The van der Waals surface area contributed by atoms with Crippen molar-refractivity contribution in [3.8, 4) is 10.6 Å². The molecule has 1 atom stereocenters. The molecule has 0 aliphatic heterocycles. The van der Waals surface area contributed by atoms with Crippen molar-refractivity contribution in [1.29, 1.82) is 0 Å². The number of thiophene rings is 1. The van der Waals surface area contributed by atoms with Crippen molar-refractivity contribution in [2.24, 2.45) is 5.73 Å². The molecular formula is C15H14ClN3S. The molecular weight excluding hydrogens is 290 g/mol. The Bertz CT molecular complexity index is 690. The highest BCUT2D eigenvalue weighted by Crippen LogP contribution is 2.30. The molecule has 20 heavy (non-hydrogen) atoms. The van der Waals surface area contributed by atoms with Crippen molar-refractivity contribution in [1.82, 2.24) is 9.97 Å². The number of hydrogen-bond acceptors (Lipinski definition) is 3. The monoisotopic (exact) mass is 303 g/mol. The fourth-order valence-electron chi connectivity index (χ4n) is 2.07. The third-order valence-electron chi connectivity index (χ3n) is 3.08. The maximum absolute atomic E-state index is 6.21. The molecule has 3 N–H and O–H groups in total. The number of nitrogens with one attached hydrogen (secondary N) is 1. The van der Waals surface area contributed by atoms with Crippen LogP contribution in [0.15, 0.2) is 48.7 Å². The van der Waals surface area contributed by atoms with Crippen molar-refractivity contribution in [3.63, 3.8) is 0 Å². The molecule has 0 aliphatic carbocycles. The average Bonchev–Trinajstić information content (AvgIpc) is 3.08. The Morgan fingerprint density at radius 1 is 1.20 bits per heavy atom. The summed E-state index contributed by atoms with van der Waals surface area (Å²) in [5.74, 6) is 0.799. The zero-order valence-electron chi connectivity index (χ0n) is 10.7.